The topological polar surface area (TPSA) is 55.1 Å². The fourth-order valence-corrected chi connectivity index (χ4v) is 0.792. The van der Waals surface area contributed by atoms with Gasteiger partial charge >= 0.3 is 6.03 Å². The normalized spacial score (nSPS) is 12.4. The Morgan fingerprint density at radius 2 is 2.00 bits per heavy atom. The molecule has 0 saturated heterocycles. The number of rotatable bonds is 3. The molecule has 0 saturated carbocycles. The van der Waals surface area contributed by atoms with Crippen LogP contribution in [0.1, 0.15) is 27.7 Å². The van der Waals surface area contributed by atoms with Gasteiger partial charge in [0, 0.05) is 0 Å². The lowest BCUT2D eigenvalue weighted by molar-refractivity contribution is 0.243. The van der Waals surface area contributed by atoms with Crippen molar-refractivity contribution in [2.24, 2.45) is 11.7 Å². The lowest BCUT2D eigenvalue weighted by Gasteiger charge is -2.20. The van der Waals surface area contributed by atoms with Crippen LogP contribution in [0.3, 0.4) is 0 Å². The molecule has 0 atom stereocenters. The number of allylic oxidation sites excluding steroid dienone is 1. The Balaban J connectivity index is 4.12. The van der Waals surface area contributed by atoms with Crippen LogP contribution in [0.15, 0.2) is 12.2 Å². The van der Waals surface area contributed by atoms with Crippen LogP contribution in [0.5, 0.6) is 0 Å². The van der Waals surface area contributed by atoms with Crippen LogP contribution in [0.4, 0.5) is 4.79 Å². The predicted octanol–water partition coefficient (Wildman–Crippen LogP) is 1.65. The first-order chi connectivity index (χ1) is 5.33. The second-order valence-electron chi connectivity index (χ2n) is 3.81. The summed E-state index contributed by atoms with van der Waals surface area (Å²) in [5.41, 5.74) is 4.65. The molecular formula is C9H18N2O. The molecule has 3 heteroatoms. The van der Waals surface area contributed by atoms with Gasteiger partial charge in [-0.3, -0.25) is 0 Å². The molecule has 0 aliphatic heterocycles. The van der Waals surface area contributed by atoms with E-state index < -0.39 is 6.03 Å². The van der Waals surface area contributed by atoms with Crippen molar-refractivity contribution in [3.8, 4) is 0 Å². The first-order valence-electron chi connectivity index (χ1n) is 4.10. The van der Waals surface area contributed by atoms with E-state index in [0.717, 1.165) is 0 Å². The van der Waals surface area contributed by atoms with Gasteiger partial charge in [-0.25, -0.2) is 4.79 Å². The molecule has 0 aromatic heterocycles. The number of nitrogens with one attached hydrogen (secondary N) is 1. The van der Waals surface area contributed by atoms with Crippen molar-refractivity contribution in [3.05, 3.63) is 12.2 Å². The zero-order valence-electron chi connectivity index (χ0n) is 8.22. The van der Waals surface area contributed by atoms with Crippen molar-refractivity contribution in [1.82, 2.24) is 5.32 Å². The van der Waals surface area contributed by atoms with Crippen molar-refractivity contribution in [2.75, 3.05) is 0 Å². The van der Waals surface area contributed by atoms with E-state index in [9.17, 15) is 4.79 Å². The predicted molar refractivity (Wildman–Crippen MR) is 50.8 cm³/mol. The molecular weight excluding hydrogens is 152 g/mol. The Kier molecular flexibility index (Phi) is 3.80. The molecule has 0 unspecified atom stereocenters. The summed E-state index contributed by atoms with van der Waals surface area (Å²) in [5.74, 6) is 0.485. The fraction of sp³-hybridized carbons (Fsp3) is 0.667. The minimum Gasteiger partial charge on any atom is -0.352 e. The number of nitrogens with two attached hydrogens (primary N) is 1. The quantitative estimate of drug-likeness (QED) is 0.622. The van der Waals surface area contributed by atoms with Gasteiger partial charge in [0.25, 0.3) is 0 Å². The Morgan fingerprint density at radius 1 is 1.50 bits per heavy atom. The van der Waals surface area contributed by atoms with Gasteiger partial charge in [-0.1, -0.05) is 26.0 Å². The Labute approximate surface area is 74.0 Å². The molecule has 0 heterocycles. The second kappa shape index (κ2) is 4.14. The van der Waals surface area contributed by atoms with Crippen LogP contribution in [0.25, 0.3) is 0 Å². The van der Waals surface area contributed by atoms with Gasteiger partial charge in [0.1, 0.15) is 0 Å². The Hall–Kier alpha value is -0.990. The van der Waals surface area contributed by atoms with Gasteiger partial charge in [-0.05, 0) is 19.8 Å². The molecule has 0 spiro atoms. The number of carbonyl (C=O) groups excluding carboxylic acids is 1. The molecule has 0 bridgehead atoms. The Bertz CT molecular complexity index is 183. The van der Waals surface area contributed by atoms with Gasteiger partial charge in [-0.2, -0.15) is 0 Å². The maximum atomic E-state index is 10.5. The van der Waals surface area contributed by atoms with Gasteiger partial charge in [0.2, 0.25) is 0 Å². The third-order valence-corrected chi connectivity index (χ3v) is 1.34. The largest absolute Gasteiger partial charge is 0.352 e. The highest BCUT2D eigenvalue weighted by atomic mass is 16.2. The second-order valence-corrected chi connectivity index (χ2v) is 3.81. The maximum absolute atomic E-state index is 10.5. The SMILES string of the molecule is CC(C)/C=C/C(C)(C)NC(N)=O. The first-order valence-corrected chi connectivity index (χ1v) is 4.10. The van der Waals surface area contributed by atoms with Gasteiger partial charge < -0.3 is 11.1 Å². The summed E-state index contributed by atoms with van der Waals surface area (Å²) in [5, 5.41) is 2.63. The van der Waals surface area contributed by atoms with E-state index in [1.54, 1.807) is 0 Å². The molecule has 0 aromatic rings. The lowest BCUT2D eigenvalue weighted by atomic mass is 10.0. The molecule has 3 N–H and O–H groups in total. The summed E-state index contributed by atoms with van der Waals surface area (Å²) in [6, 6.07) is -0.492. The highest BCUT2D eigenvalue weighted by molar-refractivity contribution is 5.72. The van der Waals surface area contributed by atoms with Crippen molar-refractivity contribution in [1.29, 1.82) is 0 Å². The van der Waals surface area contributed by atoms with Gasteiger partial charge in [0.05, 0.1) is 5.54 Å². The molecule has 0 aromatic carbocycles. The molecule has 0 radical (unpaired) electrons. The van der Waals surface area contributed by atoms with E-state index in [1.807, 2.05) is 26.0 Å². The maximum Gasteiger partial charge on any atom is 0.312 e. The number of amides is 2. The van der Waals surface area contributed by atoms with E-state index in [4.69, 9.17) is 5.73 Å². The number of hydrogen-bond donors (Lipinski definition) is 2. The third kappa shape index (κ3) is 5.77. The summed E-state index contributed by atoms with van der Waals surface area (Å²) in [4.78, 5) is 10.5. The van der Waals surface area contributed by atoms with E-state index in [0.29, 0.717) is 5.92 Å². The summed E-state index contributed by atoms with van der Waals surface area (Å²) in [6.07, 6.45) is 3.98. The molecule has 70 valence electrons. The van der Waals surface area contributed by atoms with Gasteiger partial charge in [-0.15, -0.1) is 0 Å². The van der Waals surface area contributed by atoms with Crippen molar-refractivity contribution in [3.63, 3.8) is 0 Å². The van der Waals surface area contributed by atoms with Crippen LogP contribution in [-0.4, -0.2) is 11.6 Å². The van der Waals surface area contributed by atoms with E-state index in [2.05, 4.69) is 19.2 Å². The summed E-state index contributed by atoms with van der Waals surface area (Å²) in [7, 11) is 0. The molecule has 2 amide bonds. The third-order valence-electron chi connectivity index (χ3n) is 1.34. The molecule has 0 fully saturated rings. The average Bonchev–Trinajstić information content (AvgIpc) is 1.81. The van der Waals surface area contributed by atoms with Crippen LogP contribution < -0.4 is 11.1 Å². The minimum absolute atomic E-state index is 0.351. The number of primary amides is 1. The molecule has 12 heavy (non-hydrogen) atoms. The standard InChI is InChI=1S/C9H18N2O/c1-7(2)5-6-9(3,4)11-8(10)12/h5-7H,1-4H3,(H3,10,11,12)/b6-5+. The Morgan fingerprint density at radius 3 is 2.33 bits per heavy atom. The highest BCUT2D eigenvalue weighted by Gasteiger charge is 2.14. The van der Waals surface area contributed by atoms with E-state index in [-0.39, 0.29) is 5.54 Å². The fourth-order valence-electron chi connectivity index (χ4n) is 0.792. The number of carbonyl (C=O) groups is 1. The van der Waals surface area contributed by atoms with Crippen molar-refractivity contribution < 1.29 is 4.79 Å². The summed E-state index contributed by atoms with van der Waals surface area (Å²) >= 11 is 0. The number of hydrogen-bond acceptors (Lipinski definition) is 1. The number of urea groups is 1. The zero-order chi connectivity index (χ0) is 9.78. The minimum atomic E-state index is -0.492. The average molecular weight is 170 g/mol. The van der Waals surface area contributed by atoms with E-state index in [1.165, 1.54) is 0 Å². The van der Waals surface area contributed by atoms with Crippen molar-refractivity contribution in [2.45, 2.75) is 33.2 Å². The molecule has 3 nitrogen and oxygen atoms in total. The highest BCUT2D eigenvalue weighted by Crippen LogP contribution is 2.06. The van der Waals surface area contributed by atoms with E-state index >= 15 is 0 Å². The first kappa shape index (κ1) is 11.0. The summed E-state index contributed by atoms with van der Waals surface area (Å²) < 4.78 is 0. The van der Waals surface area contributed by atoms with Crippen molar-refractivity contribution >= 4 is 6.03 Å². The van der Waals surface area contributed by atoms with Crippen LogP contribution in [0.2, 0.25) is 0 Å². The van der Waals surface area contributed by atoms with Crippen LogP contribution in [0, 0.1) is 5.92 Å². The van der Waals surface area contributed by atoms with Crippen LogP contribution >= 0.6 is 0 Å². The zero-order valence-corrected chi connectivity index (χ0v) is 8.22. The summed E-state index contributed by atoms with van der Waals surface area (Å²) in [6.45, 7) is 7.96. The van der Waals surface area contributed by atoms with Gasteiger partial charge in [0.15, 0.2) is 0 Å². The molecule has 0 aliphatic rings. The molecule has 0 rings (SSSR count). The van der Waals surface area contributed by atoms with Crippen LogP contribution in [-0.2, 0) is 0 Å². The lowest BCUT2D eigenvalue weighted by Crippen LogP contribution is -2.44. The monoisotopic (exact) mass is 170 g/mol. The molecule has 0 aliphatic carbocycles. The smallest absolute Gasteiger partial charge is 0.312 e.